The second kappa shape index (κ2) is 3.05. The summed E-state index contributed by atoms with van der Waals surface area (Å²) in [6.07, 6.45) is 0. The summed E-state index contributed by atoms with van der Waals surface area (Å²) in [6.45, 7) is 2.10. The highest BCUT2D eigenvalue weighted by atomic mass is 16.6. The van der Waals surface area contributed by atoms with E-state index in [0.717, 1.165) is 6.61 Å². The molecule has 1 aromatic carbocycles. The van der Waals surface area contributed by atoms with Crippen molar-refractivity contribution in [1.82, 2.24) is 5.32 Å². The van der Waals surface area contributed by atoms with Crippen molar-refractivity contribution in [3.63, 3.8) is 0 Å². The summed E-state index contributed by atoms with van der Waals surface area (Å²) in [5.74, 6) is 0. The Morgan fingerprint density at radius 2 is 2.00 bits per heavy atom. The van der Waals surface area contributed by atoms with Gasteiger partial charge < -0.3 is 9.47 Å². The monoisotopic (exact) mass is 191 g/mol. The van der Waals surface area contributed by atoms with Crippen LogP contribution in [0.2, 0.25) is 0 Å². The molecule has 0 aromatic heterocycles. The molecule has 2 fully saturated rings. The average Bonchev–Trinajstić information content (AvgIpc) is 2.63. The number of rotatable bonds is 1. The van der Waals surface area contributed by atoms with Crippen molar-refractivity contribution in [2.75, 3.05) is 19.8 Å². The van der Waals surface area contributed by atoms with Crippen molar-refractivity contribution < 1.29 is 9.47 Å². The molecule has 2 saturated heterocycles. The van der Waals surface area contributed by atoms with Crippen molar-refractivity contribution >= 4 is 0 Å². The van der Waals surface area contributed by atoms with Gasteiger partial charge in [-0.15, -0.1) is 0 Å². The molecule has 0 aliphatic carbocycles. The summed E-state index contributed by atoms with van der Waals surface area (Å²) in [4.78, 5) is 0. The Kier molecular flexibility index (Phi) is 1.83. The molecule has 0 saturated carbocycles. The van der Waals surface area contributed by atoms with Crippen LogP contribution in [0, 0.1) is 0 Å². The predicted octanol–water partition coefficient (Wildman–Crippen LogP) is 1.07. The van der Waals surface area contributed by atoms with Crippen molar-refractivity contribution in [1.29, 1.82) is 0 Å². The van der Waals surface area contributed by atoms with Gasteiger partial charge in [-0.2, -0.15) is 0 Å². The van der Waals surface area contributed by atoms with Crippen LogP contribution in [0.5, 0.6) is 0 Å². The van der Waals surface area contributed by atoms with E-state index < -0.39 is 0 Å². The van der Waals surface area contributed by atoms with Gasteiger partial charge in [-0.05, 0) is 5.56 Å². The first-order valence-corrected chi connectivity index (χ1v) is 4.92. The van der Waals surface area contributed by atoms with Crippen molar-refractivity contribution in [3.8, 4) is 0 Å². The highest BCUT2D eigenvalue weighted by Gasteiger charge is 2.46. The zero-order valence-electron chi connectivity index (χ0n) is 7.90. The van der Waals surface area contributed by atoms with Gasteiger partial charge in [-0.3, -0.25) is 5.32 Å². The standard InChI is InChI=1S/C11H13NO2/c1-2-4-9(5-3-1)10-6-14-11(12-10)7-13-8-11/h1-5,10,12H,6-8H2. The van der Waals surface area contributed by atoms with Gasteiger partial charge in [0, 0.05) is 0 Å². The first-order valence-electron chi connectivity index (χ1n) is 4.92. The van der Waals surface area contributed by atoms with Gasteiger partial charge in [-0.1, -0.05) is 30.3 Å². The first-order chi connectivity index (χ1) is 6.88. The smallest absolute Gasteiger partial charge is 0.166 e. The summed E-state index contributed by atoms with van der Waals surface area (Å²) in [7, 11) is 0. The van der Waals surface area contributed by atoms with Crippen LogP contribution >= 0.6 is 0 Å². The van der Waals surface area contributed by atoms with Crippen molar-refractivity contribution in [2.45, 2.75) is 11.8 Å². The fourth-order valence-corrected chi connectivity index (χ4v) is 1.96. The van der Waals surface area contributed by atoms with Gasteiger partial charge in [0.2, 0.25) is 0 Å². The summed E-state index contributed by atoms with van der Waals surface area (Å²) >= 11 is 0. The van der Waals surface area contributed by atoms with Crippen LogP contribution in [-0.4, -0.2) is 25.5 Å². The Morgan fingerprint density at radius 3 is 2.57 bits per heavy atom. The lowest BCUT2D eigenvalue weighted by molar-refractivity contribution is -0.195. The molecule has 1 unspecified atom stereocenters. The Morgan fingerprint density at radius 1 is 1.21 bits per heavy atom. The molecule has 3 nitrogen and oxygen atoms in total. The minimum absolute atomic E-state index is 0.180. The quantitative estimate of drug-likeness (QED) is 0.720. The van der Waals surface area contributed by atoms with Crippen molar-refractivity contribution in [2.24, 2.45) is 0 Å². The van der Waals surface area contributed by atoms with E-state index in [1.165, 1.54) is 5.56 Å². The maximum absolute atomic E-state index is 5.71. The van der Waals surface area contributed by atoms with Crippen molar-refractivity contribution in [3.05, 3.63) is 35.9 Å². The number of nitrogens with one attached hydrogen (secondary N) is 1. The molecule has 14 heavy (non-hydrogen) atoms. The topological polar surface area (TPSA) is 30.5 Å². The highest BCUT2D eigenvalue weighted by molar-refractivity contribution is 5.20. The van der Waals surface area contributed by atoms with E-state index in [2.05, 4.69) is 29.6 Å². The lowest BCUT2D eigenvalue weighted by Crippen LogP contribution is -2.58. The number of hydrogen-bond donors (Lipinski definition) is 1. The van der Waals surface area contributed by atoms with Gasteiger partial charge in [-0.25, -0.2) is 0 Å². The van der Waals surface area contributed by atoms with E-state index in [9.17, 15) is 0 Å². The third-order valence-corrected chi connectivity index (χ3v) is 2.84. The summed E-state index contributed by atoms with van der Waals surface area (Å²) in [5.41, 5.74) is 1.11. The lowest BCUT2D eigenvalue weighted by atomic mass is 10.1. The molecule has 1 aromatic rings. The zero-order valence-corrected chi connectivity index (χ0v) is 7.90. The van der Waals surface area contributed by atoms with Crippen LogP contribution in [0.4, 0.5) is 0 Å². The third-order valence-electron chi connectivity index (χ3n) is 2.84. The molecule has 2 aliphatic heterocycles. The Labute approximate surface area is 83.0 Å². The number of hydrogen-bond acceptors (Lipinski definition) is 3. The maximum atomic E-state index is 5.71. The largest absolute Gasteiger partial charge is 0.372 e. The molecule has 3 heteroatoms. The third kappa shape index (κ3) is 1.25. The lowest BCUT2D eigenvalue weighted by Gasteiger charge is -2.37. The molecule has 1 atom stereocenters. The molecule has 0 amide bonds. The van der Waals surface area contributed by atoms with E-state index in [-0.39, 0.29) is 5.72 Å². The first kappa shape index (κ1) is 8.41. The van der Waals surface area contributed by atoms with Gasteiger partial charge in [0.15, 0.2) is 5.72 Å². The predicted molar refractivity (Wildman–Crippen MR) is 51.8 cm³/mol. The SMILES string of the molecule is c1ccc(C2COC3(COC3)N2)cc1. The van der Waals surface area contributed by atoms with E-state index in [1.54, 1.807) is 0 Å². The Bertz CT molecular complexity index is 321. The molecule has 1 N–H and O–H groups in total. The number of ether oxygens (including phenoxy) is 2. The molecule has 0 radical (unpaired) electrons. The molecule has 2 aliphatic rings. The summed E-state index contributed by atoms with van der Waals surface area (Å²) in [5, 5.41) is 3.47. The van der Waals surface area contributed by atoms with Crippen LogP contribution < -0.4 is 5.32 Å². The second-order valence-electron chi connectivity index (χ2n) is 3.91. The minimum Gasteiger partial charge on any atom is -0.372 e. The molecular weight excluding hydrogens is 178 g/mol. The Balaban J connectivity index is 1.76. The van der Waals surface area contributed by atoms with Gasteiger partial charge >= 0.3 is 0 Å². The van der Waals surface area contributed by atoms with Gasteiger partial charge in [0.05, 0.1) is 25.9 Å². The number of benzene rings is 1. The summed E-state index contributed by atoms with van der Waals surface area (Å²) < 4.78 is 10.9. The second-order valence-corrected chi connectivity index (χ2v) is 3.91. The van der Waals surface area contributed by atoms with Gasteiger partial charge in [0.1, 0.15) is 0 Å². The molecular formula is C11H13NO2. The average molecular weight is 191 g/mol. The Hall–Kier alpha value is -0.900. The molecule has 0 bridgehead atoms. The molecule has 1 spiro atoms. The summed E-state index contributed by atoms with van der Waals surface area (Å²) in [6, 6.07) is 10.7. The van der Waals surface area contributed by atoms with Crippen LogP contribution in [-0.2, 0) is 9.47 Å². The van der Waals surface area contributed by atoms with Gasteiger partial charge in [0.25, 0.3) is 0 Å². The molecule has 2 heterocycles. The maximum Gasteiger partial charge on any atom is 0.166 e. The van der Waals surface area contributed by atoms with Crippen LogP contribution in [0.1, 0.15) is 11.6 Å². The van der Waals surface area contributed by atoms with E-state index in [1.807, 2.05) is 6.07 Å². The fraction of sp³-hybridized carbons (Fsp3) is 0.455. The van der Waals surface area contributed by atoms with E-state index in [4.69, 9.17) is 9.47 Å². The molecule has 3 rings (SSSR count). The normalized spacial score (nSPS) is 29.0. The highest BCUT2D eigenvalue weighted by Crippen LogP contribution is 2.30. The van der Waals surface area contributed by atoms with Crippen LogP contribution in [0.25, 0.3) is 0 Å². The van der Waals surface area contributed by atoms with E-state index in [0.29, 0.717) is 19.3 Å². The van der Waals surface area contributed by atoms with Crippen LogP contribution in [0.3, 0.4) is 0 Å². The zero-order chi connectivity index (χ0) is 9.43. The fourth-order valence-electron chi connectivity index (χ4n) is 1.96. The van der Waals surface area contributed by atoms with E-state index >= 15 is 0 Å². The minimum atomic E-state index is -0.180. The molecule has 74 valence electrons. The van der Waals surface area contributed by atoms with Crippen LogP contribution in [0.15, 0.2) is 30.3 Å².